The van der Waals surface area contributed by atoms with Crippen LogP contribution >= 0.6 is 11.6 Å². The SMILES string of the molecule is COC1CC(CC(=O)O)N(C(=O)c2cnn(-c3ccc(Cl)cc3)c2C)C1. The molecule has 7 nitrogen and oxygen atoms in total. The van der Waals surface area contributed by atoms with Gasteiger partial charge in [-0.2, -0.15) is 5.10 Å². The first-order valence-electron chi connectivity index (χ1n) is 8.26. The largest absolute Gasteiger partial charge is 0.481 e. The minimum atomic E-state index is -0.932. The number of carboxylic acids is 1. The van der Waals surface area contributed by atoms with Gasteiger partial charge in [-0.25, -0.2) is 4.68 Å². The first kappa shape index (κ1) is 18.4. The fourth-order valence-corrected chi connectivity index (χ4v) is 3.43. The number of halogens is 1. The second-order valence-electron chi connectivity index (χ2n) is 6.33. The zero-order valence-corrected chi connectivity index (χ0v) is 15.3. The molecule has 0 saturated carbocycles. The van der Waals surface area contributed by atoms with E-state index in [1.165, 1.54) is 6.20 Å². The average Bonchev–Trinajstić information content (AvgIpc) is 3.18. The molecule has 138 valence electrons. The van der Waals surface area contributed by atoms with Crippen LogP contribution in [-0.2, 0) is 9.53 Å². The second-order valence-corrected chi connectivity index (χ2v) is 6.77. The van der Waals surface area contributed by atoms with Crippen LogP contribution < -0.4 is 0 Å². The number of aliphatic carboxylic acids is 1. The van der Waals surface area contributed by atoms with E-state index in [0.29, 0.717) is 29.2 Å². The highest BCUT2D eigenvalue weighted by Crippen LogP contribution is 2.26. The summed E-state index contributed by atoms with van der Waals surface area (Å²) in [6.07, 6.45) is 1.77. The number of amides is 1. The van der Waals surface area contributed by atoms with Crippen LogP contribution in [-0.4, -0.2) is 57.5 Å². The van der Waals surface area contributed by atoms with Gasteiger partial charge in [0.15, 0.2) is 0 Å². The predicted molar refractivity (Wildman–Crippen MR) is 95.8 cm³/mol. The number of rotatable bonds is 5. The Kier molecular flexibility index (Phi) is 5.29. The average molecular weight is 378 g/mol. The normalized spacial score (nSPS) is 19.7. The summed E-state index contributed by atoms with van der Waals surface area (Å²) in [5.41, 5.74) is 1.93. The summed E-state index contributed by atoms with van der Waals surface area (Å²) < 4.78 is 7.00. The Labute approximate surface area is 156 Å². The second kappa shape index (κ2) is 7.47. The molecule has 26 heavy (non-hydrogen) atoms. The molecule has 1 aliphatic rings. The van der Waals surface area contributed by atoms with E-state index in [2.05, 4.69) is 5.10 Å². The molecule has 1 N–H and O–H groups in total. The summed E-state index contributed by atoms with van der Waals surface area (Å²) in [4.78, 5) is 25.7. The lowest BCUT2D eigenvalue weighted by atomic mass is 10.1. The van der Waals surface area contributed by atoms with Crippen LogP contribution in [0.2, 0.25) is 5.02 Å². The third-order valence-corrected chi connectivity index (χ3v) is 4.94. The lowest BCUT2D eigenvalue weighted by molar-refractivity contribution is -0.137. The number of nitrogens with zero attached hydrogens (tertiary/aromatic N) is 3. The molecule has 1 aromatic heterocycles. The van der Waals surface area contributed by atoms with Gasteiger partial charge in [0.1, 0.15) is 0 Å². The number of methoxy groups -OCH3 is 1. The molecule has 0 aliphatic carbocycles. The van der Waals surface area contributed by atoms with Gasteiger partial charge in [0, 0.05) is 24.7 Å². The van der Waals surface area contributed by atoms with Crippen LogP contribution in [0.3, 0.4) is 0 Å². The van der Waals surface area contributed by atoms with Gasteiger partial charge in [0.05, 0.1) is 35.7 Å². The van der Waals surface area contributed by atoms with E-state index in [0.717, 1.165) is 5.69 Å². The number of benzene rings is 1. The molecule has 2 heterocycles. The molecule has 1 aromatic carbocycles. The number of carbonyl (C=O) groups is 2. The summed E-state index contributed by atoms with van der Waals surface area (Å²) in [5.74, 6) is -1.16. The molecule has 1 fully saturated rings. The van der Waals surface area contributed by atoms with E-state index < -0.39 is 5.97 Å². The monoisotopic (exact) mass is 377 g/mol. The van der Waals surface area contributed by atoms with Gasteiger partial charge in [-0.15, -0.1) is 0 Å². The summed E-state index contributed by atoms with van der Waals surface area (Å²) in [6.45, 7) is 2.18. The van der Waals surface area contributed by atoms with Crippen molar-refractivity contribution in [2.45, 2.75) is 31.9 Å². The van der Waals surface area contributed by atoms with Crippen LogP contribution in [0.25, 0.3) is 5.69 Å². The van der Waals surface area contributed by atoms with Crippen molar-refractivity contribution in [2.75, 3.05) is 13.7 Å². The third-order valence-electron chi connectivity index (χ3n) is 4.69. The van der Waals surface area contributed by atoms with Gasteiger partial charge < -0.3 is 14.7 Å². The van der Waals surface area contributed by atoms with Crippen molar-refractivity contribution in [1.29, 1.82) is 0 Å². The molecule has 2 aromatic rings. The highest BCUT2D eigenvalue weighted by atomic mass is 35.5. The molecular formula is C18H20ClN3O4. The number of aromatic nitrogens is 2. The molecule has 3 rings (SSSR count). The van der Waals surface area contributed by atoms with Gasteiger partial charge >= 0.3 is 5.97 Å². The maximum absolute atomic E-state index is 13.0. The minimum Gasteiger partial charge on any atom is -0.481 e. The Morgan fingerprint density at radius 2 is 2.04 bits per heavy atom. The van der Waals surface area contributed by atoms with Gasteiger partial charge in [-0.05, 0) is 37.6 Å². The first-order valence-corrected chi connectivity index (χ1v) is 8.64. The van der Waals surface area contributed by atoms with E-state index in [4.69, 9.17) is 21.4 Å². The molecule has 8 heteroatoms. The summed E-state index contributed by atoms with van der Waals surface area (Å²) in [7, 11) is 1.57. The predicted octanol–water partition coefficient (Wildman–Crippen LogP) is 2.54. The minimum absolute atomic E-state index is 0.101. The highest BCUT2D eigenvalue weighted by molar-refractivity contribution is 6.30. The Balaban J connectivity index is 1.87. The van der Waals surface area contributed by atoms with Crippen molar-refractivity contribution < 1.29 is 19.4 Å². The smallest absolute Gasteiger partial charge is 0.305 e. The quantitative estimate of drug-likeness (QED) is 0.865. The van der Waals surface area contributed by atoms with E-state index >= 15 is 0 Å². The maximum atomic E-state index is 13.0. The van der Waals surface area contributed by atoms with Crippen LogP contribution in [0.1, 0.15) is 28.9 Å². The lowest BCUT2D eigenvalue weighted by Crippen LogP contribution is -2.37. The van der Waals surface area contributed by atoms with Crippen LogP contribution in [0.4, 0.5) is 0 Å². The third kappa shape index (κ3) is 3.59. The van der Waals surface area contributed by atoms with Crippen LogP contribution in [0.15, 0.2) is 30.5 Å². The Morgan fingerprint density at radius 1 is 1.35 bits per heavy atom. The summed E-state index contributed by atoms with van der Waals surface area (Å²) >= 11 is 5.92. The Bertz CT molecular complexity index is 818. The zero-order chi connectivity index (χ0) is 18.8. The van der Waals surface area contributed by atoms with Gasteiger partial charge in [0.25, 0.3) is 5.91 Å². The standard InChI is InChI=1S/C18H20ClN3O4/c1-11-16(9-20-22(11)13-5-3-12(19)4-6-13)18(25)21-10-15(26-2)7-14(21)8-17(23)24/h3-6,9,14-15H,7-8,10H2,1-2H3,(H,23,24). The van der Waals surface area contributed by atoms with E-state index in [1.54, 1.807) is 28.8 Å². The number of carboxylic acid groups (broad SMARTS) is 1. The fraction of sp³-hybridized carbons (Fsp3) is 0.389. The molecule has 0 radical (unpaired) electrons. The topological polar surface area (TPSA) is 84.7 Å². The molecule has 0 bridgehead atoms. The molecule has 0 spiro atoms. The van der Waals surface area contributed by atoms with Crippen LogP contribution in [0.5, 0.6) is 0 Å². The van der Waals surface area contributed by atoms with Crippen molar-refractivity contribution in [3.8, 4) is 5.69 Å². The van der Waals surface area contributed by atoms with E-state index in [9.17, 15) is 9.59 Å². The molecule has 1 saturated heterocycles. The highest BCUT2D eigenvalue weighted by Gasteiger charge is 2.37. The van der Waals surface area contributed by atoms with E-state index in [-0.39, 0.29) is 24.5 Å². The first-order chi connectivity index (χ1) is 12.4. The fourth-order valence-electron chi connectivity index (χ4n) is 3.31. The molecule has 1 amide bonds. The lowest BCUT2D eigenvalue weighted by Gasteiger charge is -2.23. The van der Waals surface area contributed by atoms with Gasteiger partial charge in [0.2, 0.25) is 0 Å². The van der Waals surface area contributed by atoms with Gasteiger partial charge in [-0.1, -0.05) is 11.6 Å². The number of hydrogen-bond acceptors (Lipinski definition) is 4. The van der Waals surface area contributed by atoms with Gasteiger partial charge in [-0.3, -0.25) is 9.59 Å². The van der Waals surface area contributed by atoms with Crippen molar-refractivity contribution in [3.05, 3.63) is 46.7 Å². The molecular weight excluding hydrogens is 358 g/mol. The zero-order valence-electron chi connectivity index (χ0n) is 14.6. The van der Waals surface area contributed by atoms with Crippen molar-refractivity contribution in [2.24, 2.45) is 0 Å². The van der Waals surface area contributed by atoms with Crippen LogP contribution in [0, 0.1) is 6.92 Å². The van der Waals surface area contributed by atoms with Crippen molar-refractivity contribution in [1.82, 2.24) is 14.7 Å². The number of hydrogen-bond donors (Lipinski definition) is 1. The maximum Gasteiger partial charge on any atom is 0.305 e. The summed E-state index contributed by atoms with van der Waals surface area (Å²) in [5, 5.41) is 14.1. The molecule has 2 atom stereocenters. The number of ether oxygens (including phenoxy) is 1. The molecule has 2 unspecified atom stereocenters. The molecule has 1 aliphatic heterocycles. The summed E-state index contributed by atoms with van der Waals surface area (Å²) in [6, 6.07) is 6.77. The number of likely N-dealkylation sites (tertiary alicyclic amines) is 1. The van der Waals surface area contributed by atoms with E-state index in [1.807, 2.05) is 19.1 Å². The van der Waals surface area contributed by atoms with Crippen molar-refractivity contribution in [3.63, 3.8) is 0 Å². The van der Waals surface area contributed by atoms with Crippen molar-refractivity contribution >= 4 is 23.5 Å². The Morgan fingerprint density at radius 3 is 2.65 bits per heavy atom. The number of carbonyl (C=O) groups excluding carboxylic acids is 1. The Hall–Kier alpha value is -2.38.